The van der Waals surface area contributed by atoms with E-state index in [0.29, 0.717) is 11.4 Å². The summed E-state index contributed by atoms with van der Waals surface area (Å²) in [6.45, 7) is 2.29. The number of nitrogens with one attached hydrogen (secondary N) is 1. The van der Waals surface area contributed by atoms with Gasteiger partial charge in [-0.25, -0.2) is 13.1 Å². The summed E-state index contributed by atoms with van der Waals surface area (Å²) < 4.78 is 33.3. The molecule has 0 aliphatic carbocycles. The standard InChI is InChI=1S/C14H20N2O3S/c1-9-6-12(4-2-10(9)8-15)20(17,18)16-13-7-11-3-5-14(13)19-11/h2,4,6,11,13-14,16H,3,5,7-8,15H2,1H3. The predicted octanol–water partition coefficient (Wildman–Crippen LogP) is 1.05. The van der Waals surface area contributed by atoms with Gasteiger partial charge in [0, 0.05) is 6.54 Å². The van der Waals surface area contributed by atoms with E-state index in [1.165, 1.54) is 0 Å². The van der Waals surface area contributed by atoms with Gasteiger partial charge in [-0.05, 0) is 49.4 Å². The second kappa shape index (κ2) is 5.11. The van der Waals surface area contributed by atoms with Crippen LogP contribution in [0.5, 0.6) is 0 Å². The number of aryl methyl sites for hydroxylation is 1. The molecule has 1 aromatic carbocycles. The van der Waals surface area contributed by atoms with Gasteiger partial charge in [0.15, 0.2) is 0 Å². The molecule has 2 fully saturated rings. The van der Waals surface area contributed by atoms with Crippen LogP contribution in [-0.2, 0) is 21.3 Å². The van der Waals surface area contributed by atoms with Crippen molar-refractivity contribution in [1.29, 1.82) is 0 Å². The summed E-state index contributed by atoms with van der Waals surface area (Å²) in [5, 5.41) is 0. The third-order valence-corrected chi connectivity index (χ3v) is 5.74. The highest BCUT2D eigenvalue weighted by atomic mass is 32.2. The van der Waals surface area contributed by atoms with E-state index >= 15 is 0 Å². The summed E-state index contributed by atoms with van der Waals surface area (Å²) in [6.07, 6.45) is 3.05. The normalized spacial score (nSPS) is 29.0. The van der Waals surface area contributed by atoms with Crippen LogP contribution in [0.25, 0.3) is 0 Å². The molecule has 2 bridgehead atoms. The molecular weight excluding hydrogens is 276 g/mol. The Kier molecular flexibility index (Phi) is 3.58. The Morgan fingerprint density at radius 3 is 2.75 bits per heavy atom. The lowest BCUT2D eigenvalue weighted by Crippen LogP contribution is -2.41. The smallest absolute Gasteiger partial charge is 0.240 e. The molecule has 2 saturated heterocycles. The quantitative estimate of drug-likeness (QED) is 0.870. The van der Waals surface area contributed by atoms with Crippen molar-refractivity contribution in [3.8, 4) is 0 Å². The van der Waals surface area contributed by atoms with Crippen molar-refractivity contribution in [2.24, 2.45) is 5.73 Å². The van der Waals surface area contributed by atoms with Gasteiger partial charge in [0.05, 0.1) is 23.1 Å². The number of benzene rings is 1. The molecule has 0 amide bonds. The highest BCUT2D eigenvalue weighted by molar-refractivity contribution is 7.89. The fraction of sp³-hybridized carbons (Fsp3) is 0.571. The summed E-state index contributed by atoms with van der Waals surface area (Å²) in [5.41, 5.74) is 7.47. The predicted molar refractivity (Wildman–Crippen MR) is 75.7 cm³/mol. The monoisotopic (exact) mass is 296 g/mol. The molecule has 20 heavy (non-hydrogen) atoms. The van der Waals surface area contributed by atoms with Crippen molar-refractivity contribution in [3.63, 3.8) is 0 Å². The van der Waals surface area contributed by atoms with Crippen LogP contribution in [0.4, 0.5) is 0 Å². The molecule has 3 unspecified atom stereocenters. The van der Waals surface area contributed by atoms with E-state index in [1.807, 2.05) is 6.92 Å². The van der Waals surface area contributed by atoms with E-state index in [4.69, 9.17) is 10.5 Å². The van der Waals surface area contributed by atoms with Crippen molar-refractivity contribution in [2.45, 2.75) is 55.9 Å². The molecule has 2 aliphatic rings. The molecule has 6 heteroatoms. The maximum absolute atomic E-state index is 12.4. The molecule has 0 saturated carbocycles. The number of rotatable bonds is 4. The Labute approximate surface area is 119 Å². The number of hydrogen-bond acceptors (Lipinski definition) is 4. The molecule has 3 N–H and O–H groups in total. The largest absolute Gasteiger partial charge is 0.373 e. The maximum Gasteiger partial charge on any atom is 0.240 e. The molecule has 1 aromatic rings. The average molecular weight is 296 g/mol. The van der Waals surface area contributed by atoms with Gasteiger partial charge in [-0.3, -0.25) is 0 Å². The second-order valence-electron chi connectivity index (χ2n) is 5.63. The molecule has 2 aliphatic heterocycles. The molecule has 0 spiro atoms. The Hall–Kier alpha value is -0.950. The average Bonchev–Trinajstić information content (AvgIpc) is 3.00. The zero-order chi connectivity index (χ0) is 14.3. The number of fused-ring (bicyclic) bond motifs is 2. The zero-order valence-corrected chi connectivity index (χ0v) is 12.3. The van der Waals surface area contributed by atoms with Gasteiger partial charge < -0.3 is 10.5 Å². The molecule has 110 valence electrons. The minimum Gasteiger partial charge on any atom is -0.373 e. The topological polar surface area (TPSA) is 81.4 Å². The first kappa shape index (κ1) is 14.0. The van der Waals surface area contributed by atoms with Gasteiger partial charge in [-0.1, -0.05) is 6.07 Å². The van der Waals surface area contributed by atoms with Gasteiger partial charge in [0.2, 0.25) is 10.0 Å². The SMILES string of the molecule is Cc1cc(S(=O)(=O)NC2CC3CCC2O3)ccc1CN. The van der Waals surface area contributed by atoms with Crippen molar-refractivity contribution in [2.75, 3.05) is 0 Å². The lowest BCUT2D eigenvalue weighted by atomic mass is 9.96. The molecule has 3 rings (SSSR count). The van der Waals surface area contributed by atoms with E-state index in [9.17, 15) is 8.42 Å². The Balaban J connectivity index is 1.79. The van der Waals surface area contributed by atoms with E-state index < -0.39 is 10.0 Å². The van der Waals surface area contributed by atoms with Crippen LogP contribution in [0.2, 0.25) is 0 Å². The molecule has 5 nitrogen and oxygen atoms in total. The lowest BCUT2D eigenvalue weighted by Gasteiger charge is -2.20. The zero-order valence-electron chi connectivity index (χ0n) is 11.5. The van der Waals surface area contributed by atoms with Crippen molar-refractivity contribution < 1.29 is 13.2 Å². The maximum atomic E-state index is 12.4. The van der Waals surface area contributed by atoms with Gasteiger partial charge in [0.1, 0.15) is 0 Å². The molecular formula is C14H20N2O3S. The van der Waals surface area contributed by atoms with Crippen LogP contribution in [0.1, 0.15) is 30.4 Å². The van der Waals surface area contributed by atoms with Crippen LogP contribution in [0.3, 0.4) is 0 Å². The molecule has 3 atom stereocenters. The Morgan fingerprint density at radius 2 is 2.20 bits per heavy atom. The first-order valence-electron chi connectivity index (χ1n) is 6.97. The summed E-state index contributed by atoms with van der Waals surface area (Å²) >= 11 is 0. The van der Waals surface area contributed by atoms with Crippen LogP contribution in [0, 0.1) is 6.92 Å². The second-order valence-corrected chi connectivity index (χ2v) is 7.34. The summed E-state index contributed by atoms with van der Waals surface area (Å²) in [6, 6.07) is 4.99. The van der Waals surface area contributed by atoms with E-state index in [1.54, 1.807) is 18.2 Å². The summed E-state index contributed by atoms with van der Waals surface area (Å²) in [7, 11) is -3.48. The number of nitrogens with two attached hydrogens (primary N) is 1. The van der Waals surface area contributed by atoms with E-state index in [2.05, 4.69) is 4.72 Å². The number of ether oxygens (including phenoxy) is 1. The lowest BCUT2D eigenvalue weighted by molar-refractivity contribution is 0.0996. The number of sulfonamides is 1. The van der Waals surface area contributed by atoms with Gasteiger partial charge in [0.25, 0.3) is 0 Å². The first-order chi connectivity index (χ1) is 9.49. The minimum absolute atomic E-state index is 0.0409. The minimum atomic E-state index is -3.48. The third kappa shape index (κ3) is 2.48. The van der Waals surface area contributed by atoms with Crippen molar-refractivity contribution >= 4 is 10.0 Å². The highest BCUT2D eigenvalue weighted by Gasteiger charge is 2.42. The Morgan fingerprint density at radius 1 is 1.40 bits per heavy atom. The fourth-order valence-corrected chi connectivity index (χ4v) is 4.46. The highest BCUT2D eigenvalue weighted by Crippen LogP contribution is 2.35. The van der Waals surface area contributed by atoms with Gasteiger partial charge >= 0.3 is 0 Å². The fourth-order valence-electron chi connectivity index (χ4n) is 3.09. The summed E-state index contributed by atoms with van der Waals surface area (Å²) in [5.74, 6) is 0. The Bertz CT molecular complexity index is 615. The molecule has 0 radical (unpaired) electrons. The number of hydrogen-bond donors (Lipinski definition) is 2. The van der Waals surface area contributed by atoms with Crippen LogP contribution in [0.15, 0.2) is 23.1 Å². The van der Waals surface area contributed by atoms with E-state index in [-0.39, 0.29) is 18.2 Å². The van der Waals surface area contributed by atoms with Crippen molar-refractivity contribution in [3.05, 3.63) is 29.3 Å². The van der Waals surface area contributed by atoms with Crippen LogP contribution >= 0.6 is 0 Å². The summed E-state index contributed by atoms with van der Waals surface area (Å²) in [4.78, 5) is 0.301. The third-order valence-electron chi connectivity index (χ3n) is 4.26. The molecule has 2 heterocycles. The molecule has 0 aromatic heterocycles. The van der Waals surface area contributed by atoms with Gasteiger partial charge in [-0.2, -0.15) is 0 Å². The van der Waals surface area contributed by atoms with E-state index in [0.717, 1.165) is 30.4 Å². The first-order valence-corrected chi connectivity index (χ1v) is 8.45. The van der Waals surface area contributed by atoms with Gasteiger partial charge in [-0.15, -0.1) is 0 Å². The van der Waals surface area contributed by atoms with Crippen LogP contribution < -0.4 is 10.5 Å². The van der Waals surface area contributed by atoms with Crippen LogP contribution in [-0.4, -0.2) is 26.7 Å². The van der Waals surface area contributed by atoms with Crippen molar-refractivity contribution in [1.82, 2.24) is 4.72 Å².